The number of nitrogens with two attached hydrogens (primary N) is 1. The molecule has 0 spiro atoms. The maximum atomic E-state index is 13.2. The van der Waals surface area contributed by atoms with Crippen LogP contribution in [0.1, 0.15) is 31.4 Å². The van der Waals surface area contributed by atoms with E-state index in [0.717, 1.165) is 16.5 Å². The molecule has 5 atom stereocenters. The fourth-order valence-electron chi connectivity index (χ4n) is 4.39. The normalized spacial score (nSPS) is 14.8. The van der Waals surface area contributed by atoms with Crippen LogP contribution in [0.15, 0.2) is 54.7 Å². The Morgan fingerprint density at radius 2 is 1.54 bits per heavy atom. The molecule has 0 saturated heterocycles. The van der Waals surface area contributed by atoms with E-state index >= 15 is 0 Å². The molecule has 0 saturated carbocycles. The Labute approximate surface area is 237 Å². The van der Waals surface area contributed by atoms with Crippen LogP contribution in [-0.2, 0) is 32.0 Å². The first kappa shape index (κ1) is 31.1. The standard InChI is InChI=1S/C29H37N5O7/c1-3-16(2)25(29(40)41)34-27(38)23(12-17-8-10-19(36)11-9-17)32-28(39)24(15-35)33-26(37)21(30)13-18-14-31-22-7-5-4-6-20(18)22/h4-11,14,16,21,23-25,31,35-36H,3,12-13,15,30H2,1-2H3,(H,32,39)(H,33,37)(H,34,38)(H,40,41). The summed E-state index contributed by atoms with van der Waals surface area (Å²) in [5.41, 5.74) is 8.39. The third-order valence-corrected chi connectivity index (χ3v) is 7.05. The van der Waals surface area contributed by atoms with Gasteiger partial charge in [0.25, 0.3) is 0 Å². The summed E-state index contributed by atoms with van der Waals surface area (Å²) in [7, 11) is 0. The highest BCUT2D eigenvalue weighted by Gasteiger charge is 2.32. The number of aromatic hydroxyl groups is 1. The van der Waals surface area contributed by atoms with Crippen molar-refractivity contribution in [3.8, 4) is 5.75 Å². The van der Waals surface area contributed by atoms with Crippen LogP contribution in [0.3, 0.4) is 0 Å². The van der Waals surface area contributed by atoms with E-state index in [1.54, 1.807) is 32.2 Å². The van der Waals surface area contributed by atoms with Crippen molar-refractivity contribution < 1.29 is 34.5 Å². The summed E-state index contributed by atoms with van der Waals surface area (Å²) in [6.07, 6.45) is 2.37. The number of aliphatic carboxylic acids is 1. The van der Waals surface area contributed by atoms with Gasteiger partial charge in [-0.3, -0.25) is 14.4 Å². The molecule has 0 aliphatic carbocycles. The van der Waals surface area contributed by atoms with Gasteiger partial charge in [-0.2, -0.15) is 0 Å². The third kappa shape index (κ3) is 8.29. The van der Waals surface area contributed by atoms with Gasteiger partial charge < -0.3 is 42.0 Å². The number of carbonyl (C=O) groups is 4. The summed E-state index contributed by atoms with van der Waals surface area (Å²) in [6, 6.07) is 8.58. The van der Waals surface area contributed by atoms with Gasteiger partial charge in [0.15, 0.2) is 0 Å². The van der Waals surface area contributed by atoms with Gasteiger partial charge in [0.2, 0.25) is 17.7 Å². The number of hydrogen-bond acceptors (Lipinski definition) is 7. The molecule has 12 nitrogen and oxygen atoms in total. The van der Waals surface area contributed by atoms with Gasteiger partial charge in [-0.25, -0.2) is 4.79 Å². The summed E-state index contributed by atoms with van der Waals surface area (Å²) in [6.45, 7) is 2.71. The summed E-state index contributed by atoms with van der Waals surface area (Å²) < 4.78 is 0. The van der Waals surface area contributed by atoms with Crippen molar-refractivity contribution in [3.63, 3.8) is 0 Å². The highest BCUT2D eigenvalue weighted by Crippen LogP contribution is 2.19. The number of aliphatic hydroxyl groups is 1. The van der Waals surface area contributed by atoms with E-state index < -0.39 is 54.5 Å². The number of fused-ring (bicyclic) bond motifs is 1. The van der Waals surface area contributed by atoms with E-state index in [1.807, 2.05) is 24.3 Å². The minimum absolute atomic E-state index is 0.00790. The Balaban J connectivity index is 1.72. The zero-order valence-electron chi connectivity index (χ0n) is 23.0. The minimum atomic E-state index is -1.42. The van der Waals surface area contributed by atoms with E-state index in [9.17, 15) is 34.5 Å². The van der Waals surface area contributed by atoms with Crippen LogP contribution >= 0.6 is 0 Å². The largest absolute Gasteiger partial charge is 0.508 e. The van der Waals surface area contributed by atoms with Crippen LogP contribution in [0.5, 0.6) is 5.75 Å². The lowest BCUT2D eigenvalue weighted by atomic mass is 9.98. The van der Waals surface area contributed by atoms with Gasteiger partial charge in [0.05, 0.1) is 12.6 Å². The predicted molar refractivity (Wildman–Crippen MR) is 152 cm³/mol. The van der Waals surface area contributed by atoms with E-state index in [4.69, 9.17) is 5.73 Å². The lowest BCUT2D eigenvalue weighted by Gasteiger charge is -2.26. The van der Waals surface area contributed by atoms with Crippen molar-refractivity contribution >= 4 is 34.6 Å². The fraction of sp³-hybridized carbons (Fsp3) is 0.379. The number of phenolic OH excluding ortho intramolecular Hbond substituents is 1. The maximum Gasteiger partial charge on any atom is 0.326 e. The second-order valence-corrected chi connectivity index (χ2v) is 10.1. The highest BCUT2D eigenvalue weighted by atomic mass is 16.4. The Hall–Kier alpha value is -4.42. The lowest BCUT2D eigenvalue weighted by Crippen LogP contribution is -2.59. The smallest absolute Gasteiger partial charge is 0.326 e. The molecule has 0 radical (unpaired) electrons. The molecule has 0 fully saturated rings. The van der Waals surface area contributed by atoms with Crippen molar-refractivity contribution in [1.29, 1.82) is 0 Å². The Morgan fingerprint density at radius 1 is 0.902 bits per heavy atom. The third-order valence-electron chi connectivity index (χ3n) is 7.05. The van der Waals surface area contributed by atoms with E-state index in [-0.39, 0.29) is 24.5 Å². The number of phenols is 1. The number of hydrogen-bond donors (Lipinski definition) is 8. The molecule has 1 heterocycles. The molecule has 12 heteroatoms. The van der Waals surface area contributed by atoms with Gasteiger partial charge in [-0.15, -0.1) is 0 Å². The molecular formula is C29H37N5O7. The molecule has 3 aromatic rings. The molecule has 0 aliphatic rings. The topological polar surface area (TPSA) is 207 Å². The minimum Gasteiger partial charge on any atom is -0.508 e. The lowest BCUT2D eigenvalue weighted by molar-refractivity contribution is -0.143. The SMILES string of the molecule is CCC(C)C(NC(=O)C(Cc1ccc(O)cc1)NC(=O)C(CO)NC(=O)C(N)Cc1c[nH]c2ccccc12)C(=O)O. The summed E-state index contributed by atoms with van der Waals surface area (Å²) >= 11 is 0. The fourth-order valence-corrected chi connectivity index (χ4v) is 4.39. The zero-order valence-corrected chi connectivity index (χ0v) is 23.0. The van der Waals surface area contributed by atoms with Crippen molar-refractivity contribution in [3.05, 3.63) is 65.9 Å². The molecule has 0 bridgehead atoms. The highest BCUT2D eigenvalue weighted by molar-refractivity contribution is 5.94. The molecule has 1 aromatic heterocycles. The van der Waals surface area contributed by atoms with Crippen molar-refractivity contribution in [2.24, 2.45) is 11.7 Å². The zero-order chi connectivity index (χ0) is 30.1. The van der Waals surface area contributed by atoms with E-state index in [1.165, 1.54) is 12.1 Å². The Kier molecular flexibility index (Phi) is 10.8. The Bertz CT molecular complexity index is 1360. The second-order valence-electron chi connectivity index (χ2n) is 10.1. The monoisotopic (exact) mass is 567 g/mol. The van der Waals surface area contributed by atoms with E-state index in [0.29, 0.717) is 12.0 Å². The van der Waals surface area contributed by atoms with Crippen LogP contribution in [0.2, 0.25) is 0 Å². The molecule has 9 N–H and O–H groups in total. The first-order valence-corrected chi connectivity index (χ1v) is 13.4. The van der Waals surface area contributed by atoms with Crippen LogP contribution in [-0.4, -0.2) is 74.8 Å². The molecule has 3 amide bonds. The predicted octanol–water partition coefficient (Wildman–Crippen LogP) is 0.563. The molecule has 41 heavy (non-hydrogen) atoms. The molecule has 220 valence electrons. The molecule has 5 unspecified atom stereocenters. The number of nitrogens with one attached hydrogen (secondary N) is 4. The summed E-state index contributed by atoms with van der Waals surface area (Å²) in [5.74, 6) is -3.87. The average molecular weight is 568 g/mol. The number of benzene rings is 2. The molecule has 0 aliphatic heterocycles. The van der Waals surface area contributed by atoms with Gasteiger partial charge in [0.1, 0.15) is 23.9 Å². The molecular weight excluding hydrogens is 530 g/mol. The molecule has 2 aromatic carbocycles. The summed E-state index contributed by atoms with van der Waals surface area (Å²) in [4.78, 5) is 54.1. The Morgan fingerprint density at radius 3 is 2.17 bits per heavy atom. The van der Waals surface area contributed by atoms with Crippen molar-refractivity contribution in [1.82, 2.24) is 20.9 Å². The van der Waals surface area contributed by atoms with Crippen molar-refractivity contribution in [2.45, 2.75) is 57.3 Å². The van der Waals surface area contributed by atoms with Gasteiger partial charge >= 0.3 is 5.97 Å². The number of carboxylic acid groups (broad SMARTS) is 1. The number of carboxylic acids is 1. The number of aliphatic hydroxyl groups excluding tert-OH is 1. The van der Waals surface area contributed by atoms with Gasteiger partial charge in [0, 0.05) is 23.5 Å². The number of H-pyrrole nitrogens is 1. The second kappa shape index (κ2) is 14.3. The number of rotatable bonds is 14. The number of carbonyl (C=O) groups excluding carboxylic acids is 3. The van der Waals surface area contributed by atoms with Gasteiger partial charge in [-0.05, 0) is 41.7 Å². The van der Waals surface area contributed by atoms with E-state index in [2.05, 4.69) is 20.9 Å². The van der Waals surface area contributed by atoms with Crippen LogP contribution in [0.4, 0.5) is 0 Å². The average Bonchev–Trinajstić information content (AvgIpc) is 3.36. The quantitative estimate of drug-likeness (QED) is 0.138. The maximum absolute atomic E-state index is 13.2. The first-order valence-electron chi connectivity index (χ1n) is 13.4. The number of para-hydroxylation sites is 1. The number of aromatic amines is 1. The number of aromatic nitrogens is 1. The van der Waals surface area contributed by atoms with Crippen LogP contribution in [0.25, 0.3) is 10.9 Å². The van der Waals surface area contributed by atoms with Gasteiger partial charge in [-0.1, -0.05) is 50.6 Å². The molecule has 3 rings (SSSR count). The van der Waals surface area contributed by atoms with Crippen molar-refractivity contribution in [2.75, 3.05) is 6.61 Å². The van der Waals surface area contributed by atoms with Crippen LogP contribution in [0, 0.1) is 5.92 Å². The summed E-state index contributed by atoms with van der Waals surface area (Å²) in [5, 5.41) is 37.4. The number of amides is 3. The van der Waals surface area contributed by atoms with Crippen LogP contribution < -0.4 is 21.7 Å². The first-order chi connectivity index (χ1) is 19.5.